The summed E-state index contributed by atoms with van der Waals surface area (Å²) in [6.45, 7) is 12.0. The summed E-state index contributed by atoms with van der Waals surface area (Å²) in [6.07, 6.45) is 2.55. The third-order valence-corrected chi connectivity index (χ3v) is 4.77. The van der Waals surface area contributed by atoms with Crippen LogP contribution >= 0.6 is 0 Å². The van der Waals surface area contributed by atoms with Gasteiger partial charge in [-0.1, -0.05) is 0 Å². The number of hydrogen-bond acceptors (Lipinski definition) is 4. The molecule has 0 aliphatic carbocycles. The van der Waals surface area contributed by atoms with Gasteiger partial charge in [0, 0.05) is 44.3 Å². The van der Waals surface area contributed by atoms with Crippen molar-refractivity contribution in [2.45, 2.75) is 44.8 Å². The molecule has 0 amide bonds. The molecule has 0 aromatic rings. The molecule has 0 spiro atoms. The molecule has 2 saturated heterocycles. The van der Waals surface area contributed by atoms with Gasteiger partial charge in [-0.15, -0.1) is 0 Å². The molecule has 2 fully saturated rings. The van der Waals surface area contributed by atoms with Crippen molar-refractivity contribution in [3.05, 3.63) is 0 Å². The van der Waals surface area contributed by atoms with Gasteiger partial charge in [0.2, 0.25) is 0 Å². The average Bonchev–Trinajstić information content (AvgIpc) is 2.35. The number of rotatable bonds is 2. The number of piperazine rings is 1. The van der Waals surface area contributed by atoms with Crippen LogP contribution in [0.4, 0.5) is 0 Å². The molecule has 2 rings (SSSR count). The SMILES string of the molecule is CC1CCN(CC2CN(C)CCN2C)CCC(C)N1. The Bertz CT molecular complexity index is 259. The molecule has 2 heterocycles. The van der Waals surface area contributed by atoms with Gasteiger partial charge in [0.15, 0.2) is 0 Å². The maximum atomic E-state index is 3.68. The van der Waals surface area contributed by atoms with Gasteiger partial charge in [0.1, 0.15) is 0 Å². The Morgan fingerprint density at radius 3 is 2.21 bits per heavy atom. The highest BCUT2D eigenvalue weighted by Crippen LogP contribution is 2.11. The molecular weight excluding hydrogens is 236 g/mol. The highest BCUT2D eigenvalue weighted by Gasteiger charge is 2.25. The lowest BCUT2D eigenvalue weighted by Crippen LogP contribution is -2.55. The number of nitrogens with one attached hydrogen (secondary N) is 1. The molecule has 19 heavy (non-hydrogen) atoms. The third kappa shape index (κ3) is 4.71. The van der Waals surface area contributed by atoms with Crippen LogP contribution in [0.3, 0.4) is 0 Å². The van der Waals surface area contributed by atoms with Crippen LogP contribution in [0.5, 0.6) is 0 Å². The minimum Gasteiger partial charge on any atom is -0.312 e. The van der Waals surface area contributed by atoms with E-state index < -0.39 is 0 Å². The maximum absolute atomic E-state index is 3.68. The molecule has 0 bridgehead atoms. The molecular formula is C15H32N4. The van der Waals surface area contributed by atoms with Crippen LogP contribution in [0, 0.1) is 0 Å². The Balaban J connectivity index is 1.85. The largest absolute Gasteiger partial charge is 0.312 e. The van der Waals surface area contributed by atoms with Crippen molar-refractivity contribution >= 4 is 0 Å². The molecule has 4 heteroatoms. The van der Waals surface area contributed by atoms with Gasteiger partial charge in [-0.25, -0.2) is 0 Å². The summed E-state index contributed by atoms with van der Waals surface area (Å²) in [5.41, 5.74) is 0. The van der Waals surface area contributed by atoms with Crippen molar-refractivity contribution in [1.29, 1.82) is 0 Å². The Hall–Kier alpha value is -0.160. The smallest absolute Gasteiger partial charge is 0.0347 e. The van der Waals surface area contributed by atoms with E-state index in [2.05, 4.69) is 48.0 Å². The highest BCUT2D eigenvalue weighted by molar-refractivity contribution is 4.83. The first-order valence-electron chi connectivity index (χ1n) is 7.92. The van der Waals surface area contributed by atoms with Crippen LogP contribution in [-0.4, -0.2) is 86.2 Å². The first-order chi connectivity index (χ1) is 9.04. The summed E-state index contributed by atoms with van der Waals surface area (Å²) >= 11 is 0. The predicted molar refractivity (Wildman–Crippen MR) is 81.6 cm³/mol. The van der Waals surface area contributed by atoms with Gasteiger partial charge >= 0.3 is 0 Å². The molecule has 4 nitrogen and oxygen atoms in total. The van der Waals surface area contributed by atoms with E-state index in [4.69, 9.17) is 0 Å². The van der Waals surface area contributed by atoms with E-state index >= 15 is 0 Å². The first kappa shape index (κ1) is 15.2. The van der Waals surface area contributed by atoms with Gasteiger partial charge in [-0.05, 0) is 53.9 Å². The summed E-state index contributed by atoms with van der Waals surface area (Å²) in [6, 6.07) is 2.02. The maximum Gasteiger partial charge on any atom is 0.0347 e. The molecule has 2 aliphatic heterocycles. The molecule has 3 atom stereocenters. The van der Waals surface area contributed by atoms with Crippen LogP contribution in [0.25, 0.3) is 0 Å². The van der Waals surface area contributed by atoms with Crippen molar-refractivity contribution in [3.8, 4) is 0 Å². The molecule has 1 N–H and O–H groups in total. The topological polar surface area (TPSA) is 21.8 Å². The minimum absolute atomic E-state index is 0.657. The second-order valence-corrected chi connectivity index (χ2v) is 6.74. The van der Waals surface area contributed by atoms with Gasteiger partial charge in [-0.3, -0.25) is 4.90 Å². The van der Waals surface area contributed by atoms with Crippen molar-refractivity contribution < 1.29 is 0 Å². The van der Waals surface area contributed by atoms with Gasteiger partial charge in [0.25, 0.3) is 0 Å². The quantitative estimate of drug-likeness (QED) is 0.795. The molecule has 0 aromatic carbocycles. The lowest BCUT2D eigenvalue weighted by Gasteiger charge is -2.41. The highest BCUT2D eigenvalue weighted by atomic mass is 15.3. The van der Waals surface area contributed by atoms with Crippen molar-refractivity contribution in [2.75, 3.05) is 53.4 Å². The van der Waals surface area contributed by atoms with E-state index in [1.54, 1.807) is 0 Å². The van der Waals surface area contributed by atoms with E-state index in [-0.39, 0.29) is 0 Å². The van der Waals surface area contributed by atoms with Gasteiger partial charge < -0.3 is 15.1 Å². The monoisotopic (exact) mass is 268 g/mol. The second kappa shape index (κ2) is 7.02. The van der Waals surface area contributed by atoms with E-state index in [0.717, 1.165) is 0 Å². The fourth-order valence-electron chi connectivity index (χ4n) is 3.30. The van der Waals surface area contributed by atoms with Crippen LogP contribution in [0.15, 0.2) is 0 Å². The summed E-state index contributed by atoms with van der Waals surface area (Å²) in [7, 11) is 4.54. The molecule has 2 aliphatic rings. The molecule has 112 valence electrons. The normalized spacial score (nSPS) is 36.9. The average molecular weight is 268 g/mol. The Labute approximate surface area is 119 Å². The second-order valence-electron chi connectivity index (χ2n) is 6.74. The zero-order valence-corrected chi connectivity index (χ0v) is 13.2. The van der Waals surface area contributed by atoms with Crippen molar-refractivity contribution in [3.63, 3.8) is 0 Å². The van der Waals surface area contributed by atoms with Crippen molar-refractivity contribution in [2.24, 2.45) is 0 Å². The van der Waals surface area contributed by atoms with Gasteiger partial charge in [0.05, 0.1) is 0 Å². The first-order valence-corrected chi connectivity index (χ1v) is 7.92. The Morgan fingerprint density at radius 2 is 1.58 bits per heavy atom. The zero-order chi connectivity index (χ0) is 13.8. The van der Waals surface area contributed by atoms with Gasteiger partial charge in [-0.2, -0.15) is 0 Å². The predicted octanol–water partition coefficient (Wildman–Crippen LogP) is 0.695. The molecule has 0 radical (unpaired) electrons. The standard InChI is InChI=1S/C15H32N4/c1-13-5-7-19(8-6-14(2)16-13)12-15-11-17(3)9-10-18(15)4/h13-16H,5-12H2,1-4H3. The van der Waals surface area contributed by atoms with Crippen LogP contribution < -0.4 is 5.32 Å². The molecule has 3 unspecified atom stereocenters. The summed E-state index contributed by atoms with van der Waals surface area (Å²) < 4.78 is 0. The summed E-state index contributed by atoms with van der Waals surface area (Å²) in [5.74, 6) is 0. The molecule has 0 saturated carbocycles. The fourth-order valence-corrected chi connectivity index (χ4v) is 3.30. The summed E-state index contributed by atoms with van der Waals surface area (Å²) in [5, 5.41) is 3.68. The fraction of sp³-hybridized carbons (Fsp3) is 1.00. The van der Waals surface area contributed by atoms with E-state index in [1.807, 2.05) is 0 Å². The van der Waals surface area contributed by atoms with E-state index in [1.165, 1.54) is 52.1 Å². The molecule has 0 aromatic heterocycles. The van der Waals surface area contributed by atoms with Crippen LogP contribution in [0.2, 0.25) is 0 Å². The number of likely N-dealkylation sites (N-methyl/N-ethyl adjacent to an activating group) is 2. The number of nitrogens with zero attached hydrogens (tertiary/aromatic N) is 3. The third-order valence-electron chi connectivity index (χ3n) is 4.77. The minimum atomic E-state index is 0.657. The summed E-state index contributed by atoms with van der Waals surface area (Å²) in [4.78, 5) is 7.71. The lowest BCUT2D eigenvalue weighted by molar-refractivity contribution is 0.0772. The zero-order valence-electron chi connectivity index (χ0n) is 13.2. The van der Waals surface area contributed by atoms with Crippen LogP contribution in [-0.2, 0) is 0 Å². The van der Waals surface area contributed by atoms with E-state index in [0.29, 0.717) is 18.1 Å². The lowest BCUT2D eigenvalue weighted by atomic mass is 10.1. The van der Waals surface area contributed by atoms with E-state index in [9.17, 15) is 0 Å². The van der Waals surface area contributed by atoms with Crippen molar-refractivity contribution in [1.82, 2.24) is 20.0 Å². The van der Waals surface area contributed by atoms with Crippen LogP contribution in [0.1, 0.15) is 26.7 Å². The Morgan fingerprint density at radius 1 is 0.947 bits per heavy atom. The number of hydrogen-bond donors (Lipinski definition) is 1. The Kier molecular flexibility index (Phi) is 5.63.